The zero-order chi connectivity index (χ0) is 49.3. The van der Waals surface area contributed by atoms with Gasteiger partial charge in [-0.25, -0.2) is 0 Å². The van der Waals surface area contributed by atoms with Gasteiger partial charge >= 0.3 is 11.9 Å². The number of nitrogens with zero attached hydrogens (tertiary/aromatic N) is 2. The van der Waals surface area contributed by atoms with Crippen LogP contribution in [0.3, 0.4) is 0 Å². The molecule has 0 aliphatic carbocycles. The normalized spacial score (nSPS) is 27.9. The Kier molecular flexibility index (Phi) is 13.5. The van der Waals surface area contributed by atoms with Crippen LogP contribution in [0.25, 0.3) is 0 Å². The minimum absolute atomic E-state index is 0.0740. The van der Waals surface area contributed by atoms with Crippen molar-refractivity contribution >= 4 is 35.6 Å². The molecule has 4 amide bonds. The average molecular weight is 969 g/mol. The lowest BCUT2D eigenvalue weighted by Gasteiger charge is -2.53. The quantitative estimate of drug-likeness (QED) is 0.101. The van der Waals surface area contributed by atoms with Crippen LogP contribution in [-0.4, -0.2) is 127 Å². The van der Waals surface area contributed by atoms with E-state index >= 15 is 0 Å². The van der Waals surface area contributed by atoms with Crippen molar-refractivity contribution in [2.45, 2.75) is 88.0 Å². The Hall–Kier alpha value is -7.32. The lowest BCUT2D eigenvalue weighted by Crippen LogP contribution is -2.72. The second kappa shape index (κ2) is 20.2. The maximum atomic E-state index is 14.6. The molecule has 0 saturated carbocycles. The first kappa shape index (κ1) is 47.4. The van der Waals surface area contributed by atoms with Gasteiger partial charge in [-0.3, -0.25) is 38.6 Å². The first-order valence-corrected chi connectivity index (χ1v) is 23.0. The number of methoxy groups -OCH3 is 1. The number of carbonyl (C=O) groups excluding carboxylic acids is 6. The SMILES string of the molecule is COc1ccc(O[C@@H]2O[C@H](COCc3ccccc3)[C@@H](O[C@@H]3O[C@@H]4CO[C@@H](c5ccccc5)O[C@H]4[C@H](OC(C)=O)[C@H]3N3C(=O)c4ccccc4C3=O)[C@H](OC(C)=O)[C@H]2N2C(=O)c3ccccc3C2=O)cc1. The van der Waals surface area contributed by atoms with Gasteiger partial charge in [0.25, 0.3) is 23.6 Å². The lowest BCUT2D eigenvalue weighted by molar-refractivity contribution is -0.370. The number of ether oxygens (including phenoxy) is 10. The largest absolute Gasteiger partial charge is 0.497 e. The summed E-state index contributed by atoms with van der Waals surface area (Å²) in [7, 11) is 1.50. The van der Waals surface area contributed by atoms with Gasteiger partial charge in [0.15, 0.2) is 24.8 Å². The van der Waals surface area contributed by atoms with E-state index in [-0.39, 0.29) is 47.8 Å². The van der Waals surface area contributed by atoms with Crippen LogP contribution in [-0.2, 0) is 54.1 Å². The van der Waals surface area contributed by atoms with E-state index in [2.05, 4.69) is 0 Å². The van der Waals surface area contributed by atoms with Crippen molar-refractivity contribution in [2.75, 3.05) is 20.3 Å². The number of hydrogen-bond acceptors (Lipinski definition) is 16. The van der Waals surface area contributed by atoms with Crippen molar-refractivity contribution in [3.05, 3.63) is 167 Å². The molecule has 18 nitrogen and oxygen atoms in total. The summed E-state index contributed by atoms with van der Waals surface area (Å²) < 4.78 is 63.8. The summed E-state index contributed by atoms with van der Waals surface area (Å²) >= 11 is 0. The molecule has 10 rings (SSSR count). The summed E-state index contributed by atoms with van der Waals surface area (Å²) in [6.07, 6.45) is -12.5. The number of benzene rings is 5. The summed E-state index contributed by atoms with van der Waals surface area (Å²) in [6, 6.07) is 34.0. The molecule has 71 heavy (non-hydrogen) atoms. The van der Waals surface area contributed by atoms with E-state index in [1.807, 2.05) is 36.4 Å². The Bertz CT molecular complexity index is 2740. The highest BCUT2D eigenvalue weighted by molar-refractivity contribution is 6.22. The Morgan fingerprint density at radius 3 is 1.63 bits per heavy atom. The van der Waals surface area contributed by atoms with Gasteiger partial charge in [-0.15, -0.1) is 0 Å². The number of rotatable bonds is 14. The smallest absolute Gasteiger partial charge is 0.303 e. The van der Waals surface area contributed by atoms with E-state index in [1.54, 1.807) is 72.8 Å². The predicted octanol–water partition coefficient (Wildman–Crippen LogP) is 5.43. The summed E-state index contributed by atoms with van der Waals surface area (Å²) in [5.41, 5.74) is 1.74. The van der Waals surface area contributed by atoms with Crippen molar-refractivity contribution in [3.63, 3.8) is 0 Å². The number of amides is 4. The first-order valence-electron chi connectivity index (χ1n) is 23.0. The van der Waals surface area contributed by atoms with E-state index in [9.17, 15) is 28.8 Å². The van der Waals surface area contributed by atoms with E-state index in [1.165, 1.54) is 38.3 Å². The third-order valence-electron chi connectivity index (χ3n) is 12.8. The monoisotopic (exact) mass is 968 g/mol. The van der Waals surface area contributed by atoms with Crippen molar-refractivity contribution < 1.29 is 76.1 Å². The van der Waals surface area contributed by atoms with Crippen molar-refractivity contribution in [1.82, 2.24) is 9.80 Å². The van der Waals surface area contributed by atoms with Crippen molar-refractivity contribution in [1.29, 1.82) is 0 Å². The molecule has 18 heteroatoms. The summed E-state index contributed by atoms with van der Waals surface area (Å²) in [4.78, 5) is 86.9. The zero-order valence-corrected chi connectivity index (χ0v) is 38.6. The Morgan fingerprint density at radius 1 is 0.577 bits per heavy atom. The van der Waals surface area contributed by atoms with Crippen LogP contribution in [0.2, 0.25) is 0 Å². The number of imide groups is 2. The predicted molar refractivity (Wildman–Crippen MR) is 244 cm³/mol. The maximum absolute atomic E-state index is 14.6. The summed E-state index contributed by atoms with van der Waals surface area (Å²) in [6.45, 7) is 1.96. The second-order valence-corrected chi connectivity index (χ2v) is 17.3. The molecular formula is C53H48N2O16. The Balaban J connectivity index is 1.09. The lowest BCUT2D eigenvalue weighted by atomic mass is 9.92. The van der Waals surface area contributed by atoms with E-state index < -0.39 is 103 Å². The van der Waals surface area contributed by atoms with Gasteiger partial charge in [-0.05, 0) is 54.1 Å². The maximum Gasteiger partial charge on any atom is 0.303 e. The van der Waals surface area contributed by atoms with Gasteiger partial charge in [0.2, 0.25) is 6.29 Å². The topological polar surface area (TPSA) is 201 Å². The van der Waals surface area contributed by atoms with Crippen molar-refractivity contribution in [3.8, 4) is 11.5 Å². The molecule has 5 aliphatic heterocycles. The Labute approximate surface area is 407 Å². The molecule has 11 atom stereocenters. The fourth-order valence-corrected chi connectivity index (χ4v) is 9.70. The van der Waals surface area contributed by atoms with Gasteiger partial charge in [-0.2, -0.15) is 0 Å². The highest BCUT2D eigenvalue weighted by atomic mass is 16.8. The fourth-order valence-electron chi connectivity index (χ4n) is 9.70. The average Bonchev–Trinajstić information content (AvgIpc) is 3.78. The molecule has 5 aromatic rings. The standard InChI is InChI=1S/C53H48N2O16/c1-29(56)65-45-41(54-47(58)35-18-10-11-19-36(35)48(54)59)52(67-34-24-22-33(62-3)23-25-34)68-39(27-63-26-31-14-6-4-7-15-31)43(45)71-53-42(55-49(60)37-20-12-13-21-38(37)50(55)61)46(66-30(2)57)44-40(69-53)28-64-51(70-44)32-16-8-5-9-17-32/h4-25,39-46,51-53H,26-28H2,1-3H3/t39-,40-,41-,42-,43-,44-,45-,46-,51-,52-,53+/m1/s1. The fraction of sp³-hybridized carbons (Fsp3) is 0.321. The summed E-state index contributed by atoms with van der Waals surface area (Å²) in [5.74, 6) is -3.86. The zero-order valence-electron chi connectivity index (χ0n) is 38.6. The molecule has 5 heterocycles. The molecule has 0 unspecified atom stereocenters. The van der Waals surface area contributed by atoms with Crippen LogP contribution in [0.5, 0.6) is 11.5 Å². The van der Waals surface area contributed by atoms with Gasteiger partial charge in [0, 0.05) is 19.4 Å². The van der Waals surface area contributed by atoms with E-state index in [0.717, 1.165) is 22.3 Å². The van der Waals surface area contributed by atoms with E-state index in [0.29, 0.717) is 11.3 Å². The van der Waals surface area contributed by atoms with Gasteiger partial charge in [0.1, 0.15) is 48.0 Å². The van der Waals surface area contributed by atoms with E-state index in [4.69, 9.17) is 47.4 Å². The molecule has 5 aromatic carbocycles. The van der Waals surface area contributed by atoms with Crippen LogP contribution in [0.1, 0.15) is 72.7 Å². The van der Waals surface area contributed by atoms with Gasteiger partial charge < -0.3 is 47.4 Å². The Morgan fingerprint density at radius 2 is 1.08 bits per heavy atom. The molecule has 0 spiro atoms. The van der Waals surface area contributed by atoms with Gasteiger partial charge in [-0.1, -0.05) is 84.9 Å². The molecule has 0 aromatic heterocycles. The minimum atomic E-state index is -1.74. The second-order valence-electron chi connectivity index (χ2n) is 17.3. The number of fused-ring (bicyclic) bond motifs is 3. The number of hydrogen-bond donors (Lipinski definition) is 0. The van der Waals surface area contributed by atoms with Crippen LogP contribution in [0.4, 0.5) is 0 Å². The molecule has 0 N–H and O–H groups in total. The van der Waals surface area contributed by atoms with Crippen LogP contribution in [0, 0.1) is 0 Å². The number of esters is 2. The third-order valence-corrected chi connectivity index (χ3v) is 12.8. The highest BCUT2D eigenvalue weighted by Gasteiger charge is 2.62. The molecule has 3 saturated heterocycles. The number of carbonyl (C=O) groups is 6. The van der Waals surface area contributed by atoms with Gasteiger partial charge in [0.05, 0.1) is 49.2 Å². The summed E-state index contributed by atoms with van der Waals surface area (Å²) in [5, 5.41) is 0. The molecule has 0 bridgehead atoms. The van der Waals surface area contributed by atoms with Crippen molar-refractivity contribution in [2.24, 2.45) is 0 Å². The molecular weight excluding hydrogens is 921 g/mol. The molecule has 3 fully saturated rings. The molecule has 366 valence electrons. The minimum Gasteiger partial charge on any atom is -0.497 e. The van der Waals surface area contributed by atoms with Crippen LogP contribution < -0.4 is 9.47 Å². The van der Waals surface area contributed by atoms with Crippen LogP contribution in [0.15, 0.2) is 133 Å². The van der Waals surface area contributed by atoms with Crippen LogP contribution >= 0.6 is 0 Å². The molecule has 5 aliphatic rings. The first-order chi connectivity index (χ1) is 34.5. The third kappa shape index (κ3) is 9.28. The molecule has 0 radical (unpaired) electrons. The highest BCUT2D eigenvalue weighted by Crippen LogP contribution is 2.43.